The first-order chi connectivity index (χ1) is 12.1. The molecule has 7 nitrogen and oxygen atoms in total. The van der Waals surface area contributed by atoms with E-state index in [1.54, 1.807) is 12.1 Å². The zero-order valence-electron chi connectivity index (χ0n) is 13.9. The van der Waals surface area contributed by atoms with Crippen LogP contribution in [0.25, 0.3) is 10.8 Å². The van der Waals surface area contributed by atoms with E-state index in [-0.39, 0.29) is 12.3 Å². The van der Waals surface area contributed by atoms with Crippen LogP contribution < -0.4 is 15.6 Å². The Morgan fingerprint density at radius 3 is 2.68 bits per heavy atom. The number of aromatic nitrogens is 2. The number of rotatable bonds is 4. The van der Waals surface area contributed by atoms with E-state index in [0.717, 1.165) is 16.5 Å². The number of nitrogens with one attached hydrogen (secondary N) is 3. The van der Waals surface area contributed by atoms with Gasteiger partial charge in [0.25, 0.3) is 5.91 Å². The summed E-state index contributed by atoms with van der Waals surface area (Å²) in [6.07, 6.45) is 0.0668. The van der Waals surface area contributed by atoms with Crippen molar-refractivity contribution in [1.29, 1.82) is 0 Å². The zero-order chi connectivity index (χ0) is 17.8. The summed E-state index contributed by atoms with van der Waals surface area (Å²) in [5.41, 5.74) is 6.69. The van der Waals surface area contributed by atoms with E-state index in [0.29, 0.717) is 17.0 Å². The first-order valence-electron chi connectivity index (χ1n) is 7.74. The number of methoxy groups -OCH3 is 1. The molecule has 0 aliphatic carbocycles. The van der Waals surface area contributed by atoms with Crippen molar-refractivity contribution >= 4 is 22.6 Å². The van der Waals surface area contributed by atoms with Crippen molar-refractivity contribution in [2.24, 2.45) is 0 Å². The first-order valence-corrected chi connectivity index (χ1v) is 7.74. The summed E-state index contributed by atoms with van der Waals surface area (Å²) in [6.45, 7) is 1.85. The second kappa shape index (κ2) is 7.04. The van der Waals surface area contributed by atoms with Crippen LogP contribution in [0.4, 0.5) is 0 Å². The van der Waals surface area contributed by atoms with Gasteiger partial charge in [0.15, 0.2) is 0 Å². The van der Waals surface area contributed by atoms with Gasteiger partial charge < -0.3 is 4.74 Å². The molecule has 2 aromatic carbocycles. The summed E-state index contributed by atoms with van der Waals surface area (Å²) in [4.78, 5) is 24.5. The Hall–Kier alpha value is -3.35. The summed E-state index contributed by atoms with van der Waals surface area (Å²) in [7, 11) is 1.50. The van der Waals surface area contributed by atoms with E-state index in [1.807, 2.05) is 37.3 Å². The number of ether oxygens (including phenoxy) is 1. The van der Waals surface area contributed by atoms with Crippen molar-refractivity contribution in [3.8, 4) is 5.75 Å². The molecule has 0 fully saturated rings. The highest BCUT2D eigenvalue weighted by molar-refractivity contribution is 6.09. The van der Waals surface area contributed by atoms with Crippen molar-refractivity contribution in [1.82, 2.24) is 21.0 Å². The van der Waals surface area contributed by atoms with Crippen LogP contribution in [0.15, 0.2) is 42.5 Å². The minimum Gasteiger partial charge on any atom is -0.496 e. The lowest BCUT2D eigenvalue weighted by atomic mass is 10.0. The van der Waals surface area contributed by atoms with Gasteiger partial charge in [0.05, 0.1) is 24.8 Å². The SMILES string of the molecule is COc1ccc2ccccc2c1C(=O)NNC(=O)Cc1cc(C)[nH]n1. The fourth-order valence-electron chi connectivity index (χ4n) is 2.62. The zero-order valence-corrected chi connectivity index (χ0v) is 13.9. The monoisotopic (exact) mass is 338 g/mol. The number of amides is 2. The second-order valence-corrected chi connectivity index (χ2v) is 5.59. The van der Waals surface area contributed by atoms with E-state index in [2.05, 4.69) is 21.0 Å². The third kappa shape index (κ3) is 3.60. The van der Waals surface area contributed by atoms with Crippen LogP contribution in [-0.2, 0) is 11.2 Å². The molecule has 1 aromatic heterocycles. The summed E-state index contributed by atoms with van der Waals surface area (Å²) < 4.78 is 5.29. The van der Waals surface area contributed by atoms with Crippen molar-refractivity contribution in [3.63, 3.8) is 0 Å². The van der Waals surface area contributed by atoms with Gasteiger partial charge in [0, 0.05) is 5.69 Å². The predicted octanol–water partition coefficient (Wildman–Crippen LogP) is 1.88. The van der Waals surface area contributed by atoms with Crippen molar-refractivity contribution in [2.75, 3.05) is 7.11 Å². The van der Waals surface area contributed by atoms with Crippen molar-refractivity contribution in [2.45, 2.75) is 13.3 Å². The molecule has 0 saturated heterocycles. The molecule has 128 valence electrons. The van der Waals surface area contributed by atoms with Gasteiger partial charge in [-0.05, 0) is 29.8 Å². The first kappa shape index (κ1) is 16.5. The Morgan fingerprint density at radius 1 is 1.16 bits per heavy atom. The molecule has 0 atom stereocenters. The highest BCUT2D eigenvalue weighted by Crippen LogP contribution is 2.27. The second-order valence-electron chi connectivity index (χ2n) is 5.59. The van der Waals surface area contributed by atoms with Gasteiger partial charge in [-0.3, -0.25) is 25.5 Å². The van der Waals surface area contributed by atoms with E-state index >= 15 is 0 Å². The molecule has 1 heterocycles. The van der Waals surface area contributed by atoms with Crippen molar-refractivity contribution in [3.05, 3.63) is 59.4 Å². The molecular weight excluding hydrogens is 320 g/mol. The van der Waals surface area contributed by atoms with Crippen LogP contribution in [-0.4, -0.2) is 29.1 Å². The number of carbonyl (C=O) groups is 2. The molecule has 0 radical (unpaired) electrons. The molecule has 3 aromatic rings. The fourth-order valence-corrected chi connectivity index (χ4v) is 2.62. The van der Waals surface area contributed by atoms with Crippen LogP contribution in [0.2, 0.25) is 0 Å². The lowest BCUT2D eigenvalue weighted by Crippen LogP contribution is -2.42. The number of aryl methyl sites for hydroxylation is 1. The minimum absolute atomic E-state index is 0.0668. The Bertz CT molecular complexity index is 933. The molecule has 0 aliphatic heterocycles. The van der Waals surface area contributed by atoms with Gasteiger partial charge in [-0.25, -0.2) is 0 Å². The number of aromatic amines is 1. The molecule has 3 N–H and O–H groups in total. The number of benzene rings is 2. The molecular formula is C18H18N4O3. The number of H-pyrrole nitrogens is 1. The van der Waals surface area contributed by atoms with Gasteiger partial charge in [-0.1, -0.05) is 30.3 Å². The third-order valence-corrected chi connectivity index (χ3v) is 3.75. The minimum atomic E-state index is -0.444. The van der Waals surface area contributed by atoms with Crippen LogP contribution >= 0.6 is 0 Å². The quantitative estimate of drug-likeness (QED) is 0.633. The van der Waals surface area contributed by atoms with Crippen LogP contribution in [0.1, 0.15) is 21.7 Å². The third-order valence-electron chi connectivity index (χ3n) is 3.75. The smallest absolute Gasteiger partial charge is 0.274 e. The molecule has 3 rings (SSSR count). The van der Waals surface area contributed by atoms with E-state index < -0.39 is 5.91 Å². The standard InChI is InChI=1S/C18H18N4O3/c1-11-9-13(20-19-11)10-16(23)21-22-18(24)17-14-6-4-3-5-12(14)7-8-15(17)25-2/h3-9H,10H2,1-2H3,(H,19,20)(H,21,23)(H,22,24). The maximum atomic E-state index is 12.6. The Kier molecular flexibility index (Phi) is 4.65. The van der Waals surface area contributed by atoms with E-state index in [9.17, 15) is 9.59 Å². The summed E-state index contributed by atoms with van der Waals surface area (Å²) in [5, 5.41) is 8.41. The Labute approximate surface area is 144 Å². The number of carbonyl (C=O) groups excluding carboxylic acids is 2. The molecule has 7 heteroatoms. The Balaban J connectivity index is 1.75. The fraction of sp³-hybridized carbons (Fsp3) is 0.167. The van der Waals surface area contributed by atoms with Gasteiger partial charge in [0.1, 0.15) is 5.75 Å². The lowest BCUT2D eigenvalue weighted by molar-refractivity contribution is -0.121. The van der Waals surface area contributed by atoms with Gasteiger partial charge in [0.2, 0.25) is 5.91 Å². The number of hydrogen-bond acceptors (Lipinski definition) is 4. The highest BCUT2D eigenvalue weighted by Gasteiger charge is 2.17. The number of hydrogen-bond donors (Lipinski definition) is 3. The molecule has 0 saturated carbocycles. The van der Waals surface area contributed by atoms with E-state index in [1.165, 1.54) is 7.11 Å². The average molecular weight is 338 g/mol. The highest BCUT2D eigenvalue weighted by atomic mass is 16.5. The number of fused-ring (bicyclic) bond motifs is 1. The maximum absolute atomic E-state index is 12.6. The van der Waals surface area contributed by atoms with Crippen LogP contribution in [0.3, 0.4) is 0 Å². The predicted molar refractivity (Wildman–Crippen MR) is 93.1 cm³/mol. The van der Waals surface area contributed by atoms with Gasteiger partial charge in [-0.2, -0.15) is 5.10 Å². The molecule has 0 unspecified atom stereocenters. The van der Waals surface area contributed by atoms with Crippen LogP contribution in [0, 0.1) is 6.92 Å². The Morgan fingerprint density at radius 2 is 1.96 bits per heavy atom. The largest absolute Gasteiger partial charge is 0.496 e. The average Bonchev–Trinajstić information content (AvgIpc) is 3.03. The van der Waals surface area contributed by atoms with Crippen LogP contribution in [0.5, 0.6) is 5.75 Å². The molecule has 25 heavy (non-hydrogen) atoms. The molecule has 0 spiro atoms. The number of nitrogens with zero attached hydrogens (tertiary/aromatic N) is 1. The summed E-state index contributed by atoms with van der Waals surface area (Å²) in [5.74, 6) is -0.368. The number of hydrazine groups is 1. The van der Waals surface area contributed by atoms with Crippen molar-refractivity contribution < 1.29 is 14.3 Å². The normalized spacial score (nSPS) is 10.5. The van der Waals surface area contributed by atoms with Gasteiger partial charge >= 0.3 is 0 Å². The maximum Gasteiger partial charge on any atom is 0.274 e. The van der Waals surface area contributed by atoms with Gasteiger partial charge in [-0.15, -0.1) is 0 Å². The molecule has 0 aliphatic rings. The van der Waals surface area contributed by atoms with E-state index in [4.69, 9.17) is 4.74 Å². The molecule has 2 amide bonds. The molecule has 0 bridgehead atoms. The lowest BCUT2D eigenvalue weighted by Gasteiger charge is -2.12. The topological polar surface area (TPSA) is 96.1 Å². The summed E-state index contributed by atoms with van der Waals surface area (Å²) in [6, 6.07) is 12.9. The summed E-state index contributed by atoms with van der Waals surface area (Å²) >= 11 is 0.